The highest BCUT2D eigenvalue weighted by molar-refractivity contribution is 6.31. The number of hydrogen-bond acceptors (Lipinski definition) is 2. The van der Waals surface area contributed by atoms with Crippen molar-refractivity contribution in [3.05, 3.63) is 94.5 Å². The standard InChI is InChI=1S/C25H17ClN2O/c1-16-23(26)11-6-12-24(16)28-25(29)19(15-27)14-22-20-9-4-2-7-17(20)13-18-8-3-5-10-21(18)22/h2-14H,1H3,(H,28,29)/b19-14+. The summed E-state index contributed by atoms with van der Waals surface area (Å²) in [5.74, 6) is -0.463. The number of rotatable bonds is 3. The molecule has 0 aliphatic carbocycles. The normalized spacial score (nSPS) is 11.4. The Labute approximate surface area is 173 Å². The minimum atomic E-state index is -0.463. The molecule has 0 aliphatic heterocycles. The molecule has 29 heavy (non-hydrogen) atoms. The van der Waals surface area contributed by atoms with Crippen LogP contribution in [-0.2, 0) is 4.79 Å². The van der Waals surface area contributed by atoms with E-state index in [0.29, 0.717) is 10.7 Å². The van der Waals surface area contributed by atoms with Gasteiger partial charge in [0.05, 0.1) is 0 Å². The van der Waals surface area contributed by atoms with E-state index in [9.17, 15) is 10.1 Å². The number of nitriles is 1. The highest BCUT2D eigenvalue weighted by Crippen LogP contribution is 2.30. The van der Waals surface area contributed by atoms with Crippen molar-refractivity contribution in [1.29, 1.82) is 5.26 Å². The van der Waals surface area contributed by atoms with Crippen molar-refractivity contribution >= 4 is 50.8 Å². The Kier molecular flexibility index (Phi) is 5.03. The predicted octanol–water partition coefficient (Wildman–Crippen LogP) is 6.50. The summed E-state index contributed by atoms with van der Waals surface area (Å²) in [5.41, 5.74) is 2.24. The van der Waals surface area contributed by atoms with Gasteiger partial charge in [0, 0.05) is 10.7 Å². The topological polar surface area (TPSA) is 52.9 Å². The minimum absolute atomic E-state index is 0.0332. The number of carbonyl (C=O) groups is 1. The van der Waals surface area contributed by atoms with Crippen LogP contribution in [0.4, 0.5) is 5.69 Å². The van der Waals surface area contributed by atoms with Gasteiger partial charge in [0.15, 0.2) is 0 Å². The highest BCUT2D eigenvalue weighted by Gasteiger charge is 2.14. The molecule has 4 rings (SSSR count). The molecule has 1 N–H and O–H groups in total. The number of nitrogens with zero attached hydrogens (tertiary/aromatic N) is 1. The molecule has 0 bridgehead atoms. The molecule has 0 saturated heterocycles. The first-order valence-electron chi connectivity index (χ1n) is 9.17. The summed E-state index contributed by atoms with van der Waals surface area (Å²) in [5, 5.41) is 17.2. The van der Waals surface area contributed by atoms with Crippen LogP contribution in [0.15, 0.2) is 78.4 Å². The molecule has 0 saturated carbocycles. The monoisotopic (exact) mass is 396 g/mol. The molecule has 0 aromatic heterocycles. The van der Waals surface area contributed by atoms with Gasteiger partial charge in [-0.3, -0.25) is 4.79 Å². The number of hydrogen-bond donors (Lipinski definition) is 1. The van der Waals surface area contributed by atoms with Gasteiger partial charge in [-0.1, -0.05) is 66.2 Å². The van der Waals surface area contributed by atoms with Crippen LogP contribution < -0.4 is 5.32 Å². The number of fused-ring (bicyclic) bond motifs is 2. The van der Waals surface area contributed by atoms with Gasteiger partial charge in [-0.05, 0) is 63.9 Å². The van der Waals surface area contributed by atoms with E-state index in [1.807, 2.05) is 55.5 Å². The average molecular weight is 397 g/mol. The van der Waals surface area contributed by atoms with Gasteiger partial charge >= 0.3 is 0 Å². The molecule has 4 aromatic carbocycles. The molecule has 0 heterocycles. The predicted molar refractivity (Wildman–Crippen MR) is 120 cm³/mol. The van der Waals surface area contributed by atoms with E-state index in [1.54, 1.807) is 24.3 Å². The maximum absolute atomic E-state index is 12.8. The van der Waals surface area contributed by atoms with E-state index in [0.717, 1.165) is 32.7 Å². The van der Waals surface area contributed by atoms with Crippen LogP contribution in [0.3, 0.4) is 0 Å². The third kappa shape index (κ3) is 3.59. The van der Waals surface area contributed by atoms with E-state index in [2.05, 4.69) is 17.5 Å². The molecule has 4 aromatic rings. The molecule has 1 amide bonds. The van der Waals surface area contributed by atoms with E-state index in [4.69, 9.17) is 11.6 Å². The van der Waals surface area contributed by atoms with Gasteiger partial charge < -0.3 is 5.32 Å². The summed E-state index contributed by atoms with van der Waals surface area (Å²) >= 11 is 6.14. The molecule has 140 valence electrons. The lowest BCUT2D eigenvalue weighted by Gasteiger charge is -2.11. The molecule has 0 fully saturated rings. The number of halogens is 1. The van der Waals surface area contributed by atoms with Gasteiger partial charge in [-0.2, -0.15) is 5.26 Å². The lowest BCUT2D eigenvalue weighted by molar-refractivity contribution is -0.112. The van der Waals surface area contributed by atoms with Crippen LogP contribution in [0, 0.1) is 18.3 Å². The molecule has 0 spiro atoms. The molecule has 0 unspecified atom stereocenters. The van der Waals surface area contributed by atoms with Gasteiger partial charge in [-0.15, -0.1) is 0 Å². The number of amides is 1. The van der Waals surface area contributed by atoms with Crippen molar-refractivity contribution in [3.8, 4) is 6.07 Å². The zero-order chi connectivity index (χ0) is 20.4. The van der Waals surface area contributed by atoms with Crippen LogP contribution in [0.2, 0.25) is 5.02 Å². The maximum Gasteiger partial charge on any atom is 0.266 e. The summed E-state index contributed by atoms with van der Waals surface area (Å²) in [4.78, 5) is 12.8. The van der Waals surface area contributed by atoms with Crippen LogP contribution in [0.5, 0.6) is 0 Å². The number of nitrogens with one attached hydrogen (secondary N) is 1. The second kappa shape index (κ2) is 7.79. The second-order valence-corrected chi connectivity index (χ2v) is 7.18. The van der Waals surface area contributed by atoms with Crippen LogP contribution in [-0.4, -0.2) is 5.91 Å². The van der Waals surface area contributed by atoms with E-state index in [1.165, 1.54) is 0 Å². The van der Waals surface area contributed by atoms with E-state index < -0.39 is 5.91 Å². The fourth-order valence-corrected chi connectivity index (χ4v) is 3.60. The first-order chi connectivity index (χ1) is 14.1. The van der Waals surface area contributed by atoms with Gasteiger partial charge in [-0.25, -0.2) is 0 Å². The van der Waals surface area contributed by atoms with Crippen molar-refractivity contribution < 1.29 is 4.79 Å². The zero-order valence-corrected chi connectivity index (χ0v) is 16.5. The smallest absolute Gasteiger partial charge is 0.266 e. The Morgan fingerprint density at radius 1 is 0.966 bits per heavy atom. The average Bonchev–Trinajstić information content (AvgIpc) is 2.74. The Balaban J connectivity index is 1.84. The molecule has 0 aliphatic rings. The second-order valence-electron chi connectivity index (χ2n) is 6.77. The van der Waals surface area contributed by atoms with Crippen molar-refractivity contribution in [2.45, 2.75) is 6.92 Å². The fraction of sp³-hybridized carbons (Fsp3) is 0.0400. The third-order valence-electron chi connectivity index (χ3n) is 4.98. The SMILES string of the molecule is Cc1c(Cl)cccc1NC(=O)/C(C#N)=C/c1c2ccccc2cc2ccccc12. The first-order valence-corrected chi connectivity index (χ1v) is 9.55. The van der Waals surface area contributed by atoms with E-state index in [-0.39, 0.29) is 5.57 Å². The molecule has 4 heteroatoms. The summed E-state index contributed by atoms with van der Waals surface area (Å²) in [6.45, 7) is 1.83. The van der Waals surface area contributed by atoms with Crippen molar-refractivity contribution in [3.63, 3.8) is 0 Å². The molecular weight excluding hydrogens is 380 g/mol. The summed E-state index contributed by atoms with van der Waals surface area (Å²) in [7, 11) is 0. The molecule has 0 radical (unpaired) electrons. The molecule has 0 atom stereocenters. The minimum Gasteiger partial charge on any atom is -0.321 e. The van der Waals surface area contributed by atoms with Crippen LogP contribution in [0.25, 0.3) is 27.6 Å². The summed E-state index contributed by atoms with van der Waals surface area (Å²) in [6, 6.07) is 25.4. The largest absolute Gasteiger partial charge is 0.321 e. The lowest BCUT2D eigenvalue weighted by atomic mass is 9.95. The summed E-state index contributed by atoms with van der Waals surface area (Å²) < 4.78 is 0. The molecule has 3 nitrogen and oxygen atoms in total. The Morgan fingerprint density at radius 2 is 1.59 bits per heavy atom. The Hall–Kier alpha value is -3.61. The van der Waals surface area contributed by atoms with Crippen molar-refractivity contribution in [1.82, 2.24) is 0 Å². The molecular formula is C25H17ClN2O. The Morgan fingerprint density at radius 3 is 2.21 bits per heavy atom. The van der Waals surface area contributed by atoms with Crippen molar-refractivity contribution in [2.24, 2.45) is 0 Å². The summed E-state index contributed by atoms with van der Waals surface area (Å²) in [6.07, 6.45) is 1.67. The first kappa shape index (κ1) is 18.7. The zero-order valence-electron chi connectivity index (χ0n) is 15.7. The van der Waals surface area contributed by atoms with Gasteiger partial charge in [0.1, 0.15) is 11.6 Å². The fourth-order valence-electron chi connectivity index (χ4n) is 3.43. The van der Waals surface area contributed by atoms with E-state index >= 15 is 0 Å². The highest BCUT2D eigenvalue weighted by atomic mass is 35.5. The third-order valence-corrected chi connectivity index (χ3v) is 5.39. The van der Waals surface area contributed by atoms with Crippen LogP contribution in [0.1, 0.15) is 11.1 Å². The quantitative estimate of drug-likeness (QED) is 0.244. The maximum atomic E-state index is 12.8. The van der Waals surface area contributed by atoms with Crippen LogP contribution >= 0.6 is 11.6 Å². The number of carbonyl (C=O) groups excluding carboxylic acids is 1. The lowest BCUT2D eigenvalue weighted by Crippen LogP contribution is -2.14. The van der Waals surface area contributed by atoms with Gasteiger partial charge in [0.25, 0.3) is 5.91 Å². The number of anilines is 1. The number of benzene rings is 4. The van der Waals surface area contributed by atoms with Crippen molar-refractivity contribution in [2.75, 3.05) is 5.32 Å². The van der Waals surface area contributed by atoms with Gasteiger partial charge in [0.2, 0.25) is 0 Å². The Bertz CT molecular complexity index is 1280.